The second kappa shape index (κ2) is 7.98. The van der Waals surface area contributed by atoms with Crippen LogP contribution in [-0.2, 0) is 0 Å². The summed E-state index contributed by atoms with van der Waals surface area (Å²) >= 11 is 0. The minimum atomic E-state index is -0.289. The standard InChI is InChI=1S/C9H19NO3/c1-2-6-9(11)7-4-3-5-8-10(12)13/h9,11H,2-8H2,1H3. The van der Waals surface area contributed by atoms with E-state index in [0.717, 1.165) is 32.1 Å². The summed E-state index contributed by atoms with van der Waals surface area (Å²) < 4.78 is 0. The van der Waals surface area contributed by atoms with Crippen LogP contribution in [0.15, 0.2) is 0 Å². The maximum Gasteiger partial charge on any atom is 0.203 e. The maximum absolute atomic E-state index is 9.95. The Bertz CT molecular complexity index is 139. The number of aliphatic hydroxyl groups is 1. The second-order valence-corrected chi connectivity index (χ2v) is 3.35. The van der Waals surface area contributed by atoms with E-state index in [9.17, 15) is 15.2 Å². The molecule has 4 heteroatoms. The van der Waals surface area contributed by atoms with Crippen LogP contribution in [0.4, 0.5) is 0 Å². The summed E-state index contributed by atoms with van der Waals surface area (Å²) in [5, 5.41) is 19.3. The molecule has 0 aromatic heterocycles. The predicted octanol–water partition coefficient (Wildman–Crippen LogP) is 1.98. The molecule has 0 aromatic carbocycles. The maximum atomic E-state index is 9.95. The van der Waals surface area contributed by atoms with Gasteiger partial charge in [-0.1, -0.05) is 19.8 Å². The number of unbranched alkanes of at least 4 members (excludes halogenated alkanes) is 2. The Labute approximate surface area is 79.1 Å². The van der Waals surface area contributed by atoms with Gasteiger partial charge in [0.25, 0.3) is 0 Å². The molecule has 0 fully saturated rings. The minimum Gasteiger partial charge on any atom is -0.393 e. The van der Waals surface area contributed by atoms with Crippen molar-refractivity contribution in [3.8, 4) is 0 Å². The third-order valence-corrected chi connectivity index (χ3v) is 2.00. The Morgan fingerprint density at radius 3 is 2.54 bits per heavy atom. The van der Waals surface area contributed by atoms with Crippen molar-refractivity contribution in [3.05, 3.63) is 10.1 Å². The van der Waals surface area contributed by atoms with Crippen LogP contribution in [0.5, 0.6) is 0 Å². The lowest BCUT2D eigenvalue weighted by molar-refractivity contribution is -0.480. The van der Waals surface area contributed by atoms with Crippen molar-refractivity contribution in [3.63, 3.8) is 0 Å². The predicted molar refractivity (Wildman–Crippen MR) is 51.2 cm³/mol. The first-order valence-electron chi connectivity index (χ1n) is 4.96. The van der Waals surface area contributed by atoms with Crippen LogP contribution in [0, 0.1) is 10.1 Å². The Kier molecular flexibility index (Phi) is 7.59. The molecule has 1 N–H and O–H groups in total. The molecule has 78 valence electrons. The summed E-state index contributed by atoms with van der Waals surface area (Å²) in [5.41, 5.74) is 0. The van der Waals surface area contributed by atoms with Gasteiger partial charge in [-0.3, -0.25) is 10.1 Å². The fourth-order valence-corrected chi connectivity index (χ4v) is 1.28. The van der Waals surface area contributed by atoms with E-state index in [-0.39, 0.29) is 17.6 Å². The van der Waals surface area contributed by atoms with Gasteiger partial charge in [0, 0.05) is 11.3 Å². The first-order valence-corrected chi connectivity index (χ1v) is 4.96. The third kappa shape index (κ3) is 9.27. The van der Waals surface area contributed by atoms with Crippen LogP contribution in [-0.4, -0.2) is 22.7 Å². The van der Waals surface area contributed by atoms with Crippen molar-refractivity contribution in [2.24, 2.45) is 0 Å². The van der Waals surface area contributed by atoms with Gasteiger partial charge in [0.1, 0.15) is 0 Å². The molecule has 0 aliphatic heterocycles. The third-order valence-electron chi connectivity index (χ3n) is 2.00. The Balaban J connectivity index is 3.11. The van der Waals surface area contributed by atoms with E-state index < -0.39 is 0 Å². The number of hydrogen-bond donors (Lipinski definition) is 1. The summed E-state index contributed by atoms with van der Waals surface area (Å²) in [5.74, 6) is 0. The molecule has 0 heterocycles. The van der Waals surface area contributed by atoms with Crippen LogP contribution < -0.4 is 0 Å². The summed E-state index contributed by atoms with van der Waals surface area (Å²) in [4.78, 5) is 9.67. The molecule has 0 bridgehead atoms. The van der Waals surface area contributed by atoms with Crippen LogP contribution >= 0.6 is 0 Å². The first-order chi connectivity index (χ1) is 6.16. The second-order valence-electron chi connectivity index (χ2n) is 3.35. The fraction of sp³-hybridized carbons (Fsp3) is 1.00. The van der Waals surface area contributed by atoms with E-state index in [0.29, 0.717) is 6.42 Å². The van der Waals surface area contributed by atoms with E-state index in [1.807, 2.05) is 6.92 Å². The lowest BCUT2D eigenvalue weighted by Crippen LogP contribution is -2.06. The van der Waals surface area contributed by atoms with Gasteiger partial charge in [-0.25, -0.2) is 0 Å². The number of nitro groups is 1. The lowest BCUT2D eigenvalue weighted by atomic mass is 10.1. The summed E-state index contributed by atoms with van der Waals surface area (Å²) in [7, 11) is 0. The molecule has 0 aliphatic rings. The molecule has 0 rings (SSSR count). The molecule has 4 nitrogen and oxygen atoms in total. The number of rotatable bonds is 8. The van der Waals surface area contributed by atoms with E-state index in [1.54, 1.807) is 0 Å². The van der Waals surface area contributed by atoms with Gasteiger partial charge >= 0.3 is 0 Å². The van der Waals surface area contributed by atoms with Crippen molar-refractivity contribution in [1.82, 2.24) is 0 Å². The van der Waals surface area contributed by atoms with Gasteiger partial charge in [-0.2, -0.15) is 0 Å². The summed E-state index contributed by atoms with van der Waals surface area (Å²) in [6.45, 7) is 2.10. The Morgan fingerprint density at radius 2 is 2.00 bits per heavy atom. The topological polar surface area (TPSA) is 63.4 Å². The monoisotopic (exact) mass is 189 g/mol. The van der Waals surface area contributed by atoms with E-state index >= 15 is 0 Å². The smallest absolute Gasteiger partial charge is 0.203 e. The molecule has 0 radical (unpaired) electrons. The average molecular weight is 189 g/mol. The summed E-state index contributed by atoms with van der Waals surface area (Å²) in [6, 6.07) is 0. The normalized spacial score (nSPS) is 12.8. The van der Waals surface area contributed by atoms with Crippen molar-refractivity contribution >= 4 is 0 Å². The quantitative estimate of drug-likeness (QED) is 0.361. The van der Waals surface area contributed by atoms with E-state index in [1.165, 1.54) is 0 Å². The largest absolute Gasteiger partial charge is 0.393 e. The van der Waals surface area contributed by atoms with Crippen molar-refractivity contribution < 1.29 is 10.0 Å². The van der Waals surface area contributed by atoms with Crippen LogP contribution in [0.2, 0.25) is 0 Å². The summed E-state index contributed by atoms with van der Waals surface area (Å²) in [6.07, 6.45) is 4.79. The van der Waals surface area contributed by atoms with Gasteiger partial charge in [0.2, 0.25) is 6.54 Å². The van der Waals surface area contributed by atoms with Crippen LogP contribution in [0.3, 0.4) is 0 Å². The van der Waals surface area contributed by atoms with Crippen LogP contribution in [0.1, 0.15) is 45.4 Å². The highest BCUT2D eigenvalue weighted by molar-refractivity contribution is 4.54. The Morgan fingerprint density at radius 1 is 1.31 bits per heavy atom. The van der Waals surface area contributed by atoms with Gasteiger partial charge in [-0.15, -0.1) is 0 Å². The molecular weight excluding hydrogens is 170 g/mol. The first kappa shape index (κ1) is 12.4. The van der Waals surface area contributed by atoms with Gasteiger partial charge in [0.05, 0.1) is 6.10 Å². The minimum absolute atomic E-state index is 0.0594. The molecule has 1 atom stereocenters. The number of aliphatic hydroxyl groups excluding tert-OH is 1. The van der Waals surface area contributed by atoms with Crippen LogP contribution in [0.25, 0.3) is 0 Å². The van der Waals surface area contributed by atoms with Gasteiger partial charge in [0.15, 0.2) is 0 Å². The van der Waals surface area contributed by atoms with E-state index in [4.69, 9.17) is 0 Å². The molecule has 1 unspecified atom stereocenters. The zero-order valence-corrected chi connectivity index (χ0v) is 8.24. The van der Waals surface area contributed by atoms with Crippen molar-refractivity contribution in [2.75, 3.05) is 6.54 Å². The molecule has 0 saturated heterocycles. The highest BCUT2D eigenvalue weighted by Gasteiger charge is 2.02. The average Bonchev–Trinajstić information content (AvgIpc) is 2.03. The molecular formula is C9H19NO3. The highest BCUT2D eigenvalue weighted by atomic mass is 16.6. The number of hydrogen-bond acceptors (Lipinski definition) is 3. The zero-order valence-electron chi connectivity index (χ0n) is 8.24. The Hall–Kier alpha value is -0.640. The molecule has 13 heavy (non-hydrogen) atoms. The fourth-order valence-electron chi connectivity index (χ4n) is 1.28. The van der Waals surface area contributed by atoms with Gasteiger partial charge < -0.3 is 5.11 Å². The van der Waals surface area contributed by atoms with E-state index in [2.05, 4.69) is 0 Å². The van der Waals surface area contributed by atoms with Gasteiger partial charge in [-0.05, 0) is 19.3 Å². The molecule has 0 amide bonds. The SMILES string of the molecule is CCCC(O)CCCCC[N+](=O)[O-]. The molecule has 0 aromatic rings. The van der Waals surface area contributed by atoms with Crippen molar-refractivity contribution in [1.29, 1.82) is 0 Å². The molecule has 0 saturated carbocycles. The number of nitrogens with zero attached hydrogens (tertiary/aromatic N) is 1. The molecule has 0 aliphatic carbocycles. The zero-order chi connectivity index (χ0) is 10.1. The highest BCUT2D eigenvalue weighted by Crippen LogP contribution is 2.07. The molecule has 0 spiro atoms. The van der Waals surface area contributed by atoms with Crippen molar-refractivity contribution in [2.45, 2.75) is 51.6 Å². The lowest BCUT2D eigenvalue weighted by Gasteiger charge is -2.07.